The van der Waals surface area contributed by atoms with Gasteiger partial charge in [0.15, 0.2) is 0 Å². The van der Waals surface area contributed by atoms with Crippen molar-refractivity contribution in [1.29, 1.82) is 0 Å². The lowest BCUT2D eigenvalue weighted by Crippen LogP contribution is -2.40. The first-order valence-corrected chi connectivity index (χ1v) is 4.91. The molecular formula is C10H16O3. The molecule has 1 N–H and O–H groups in total. The maximum absolute atomic E-state index is 11.1. The molecule has 0 aliphatic heterocycles. The molecular weight excluding hydrogens is 168 g/mol. The number of carbonyl (C=O) groups excluding carboxylic acids is 1. The summed E-state index contributed by atoms with van der Waals surface area (Å²) in [6, 6.07) is 0. The van der Waals surface area contributed by atoms with E-state index in [0.29, 0.717) is 0 Å². The van der Waals surface area contributed by atoms with E-state index in [0.717, 1.165) is 32.1 Å². The number of aliphatic hydroxyl groups excluding tert-OH is 1. The van der Waals surface area contributed by atoms with E-state index >= 15 is 0 Å². The number of hydrogen-bond donors (Lipinski definition) is 1. The van der Waals surface area contributed by atoms with Crippen LogP contribution in [0.1, 0.15) is 32.1 Å². The zero-order chi connectivity index (χ0) is 9.47. The Hall–Kier alpha value is -0.570. The maximum atomic E-state index is 11.1. The predicted octanol–water partition coefficient (Wildman–Crippen LogP) is 1.10. The molecule has 0 amide bonds. The lowest BCUT2D eigenvalue weighted by atomic mass is 9.61. The maximum Gasteiger partial charge on any atom is 0.308 e. The third kappa shape index (κ3) is 1.46. The zero-order valence-electron chi connectivity index (χ0n) is 7.95. The summed E-state index contributed by atoms with van der Waals surface area (Å²) >= 11 is 0. The van der Waals surface area contributed by atoms with Crippen LogP contribution < -0.4 is 0 Å². The average Bonchev–Trinajstić information content (AvgIpc) is 2.43. The Morgan fingerprint density at radius 2 is 2.15 bits per heavy atom. The summed E-state index contributed by atoms with van der Waals surface area (Å²) in [6.45, 7) is 0. The van der Waals surface area contributed by atoms with E-state index in [1.807, 2.05) is 0 Å². The number of ether oxygens (including phenoxy) is 1. The lowest BCUT2D eigenvalue weighted by Gasteiger charge is -2.43. The van der Waals surface area contributed by atoms with E-state index in [4.69, 9.17) is 0 Å². The van der Waals surface area contributed by atoms with Crippen molar-refractivity contribution in [3.8, 4) is 0 Å². The quantitative estimate of drug-likeness (QED) is 0.621. The summed E-state index contributed by atoms with van der Waals surface area (Å²) in [5, 5.41) is 9.40. The van der Waals surface area contributed by atoms with Crippen LogP contribution >= 0.6 is 0 Å². The molecule has 2 fully saturated rings. The Morgan fingerprint density at radius 1 is 1.46 bits per heavy atom. The molecule has 0 bridgehead atoms. The van der Waals surface area contributed by atoms with E-state index in [1.54, 1.807) is 0 Å². The lowest BCUT2D eigenvalue weighted by molar-refractivity contribution is -0.154. The molecule has 0 aromatic rings. The van der Waals surface area contributed by atoms with E-state index in [2.05, 4.69) is 4.74 Å². The first-order valence-electron chi connectivity index (χ1n) is 4.91. The second kappa shape index (κ2) is 2.98. The van der Waals surface area contributed by atoms with Crippen LogP contribution in [0.15, 0.2) is 0 Å². The number of rotatable bonds is 1. The van der Waals surface area contributed by atoms with Gasteiger partial charge < -0.3 is 9.84 Å². The molecule has 2 saturated carbocycles. The third-order valence-corrected chi connectivity index (χ3v) is 3.57. The van der Waals surface area contributed by atoms with Crippen molar-refractivity contribution in [1.82, 2.24) is 0 Å². The molecule has 1 spiro atoms. The molecule has 2 aliphatic carbocycles. The first kappa shape index (κ1) is 9.00. The first-order chi connectivity index (χ1) is 6.15. The Bertz CT molecular complexity index is 218. The van der Waals surface area contributed by atoms with Crippen LogP contribution in [0, 0.1) is 11.3 Å². The minimum absolute atomic E-state index is 0.0768. The highest BCUT2D eigenvalue weighted by Gasteiger charge is 2.51. The van der Waals surface area contributed by atoms with Crippen molar-refractivity contribution in [3.63, 3.8) is 0 Å². The van der Waals surface area contributed by atoms with Gasteiger partial charge in [-0.2, -0.15) is 0 Å². The zero-order valence-corrected chi connectivity index (χ0v) is 7.95. The largest absolute Gasteiger partial charge is 0.469 e. The summed E-state index contributed by atoms with van der Waals surface area (Å²) < 4.78 is 4.68. The molecule has 2 rings (SSSR count). The topological polar surface area (TPSA) is 46.5 Å². The second-order valence-electron chi connectivity index (χ2n) is 4.52. The number of aliphatic hydroxyl groups is 1. The average molecular weight is 184 g/mol. The Balaban J connectivity index is 1.87. The molecule has 74 valence electrons. The summed E-state index contributed by atoms with van der Waals surface area (Å²) in [5.41, 5.74) is 0.290. The SMILES string of the molecule is COC(=O)C1CC2(CCC(O)C2)C1. The van der Waals surface area contributed by atoms with Gasteiger partial charge in [-0.15, -0.1) is 0 Å². The Kier molecular flexibility index (Phi) is 2.06. The molecule has 0 saturated heterocycles. The van der Waals surface area contributed by atoms with Gasteiger partial charge in [0.2, 0.25) is 0 Å². The van der Waals surface area contributed by atoms with Crippen LogP contribution in [0.4, 0.5) is 0 Å². The third-order valence-electron chi connectivity index (χ3n) is 3.57. The van der Waals surface area contributed by atoms with Gasteiger partial charge in [0, 0.05) is 0 Å². The fraction of sp³-hybridized carbons (Fsp3) is 0.900. The molecule has 0 aromatic heterocycles. The molecule has 2 aliphatic rings. The van der Waals surface area contributed by atoms with Gasteiger partial charge in [0.05, 0.1) is 19.1 Å². The minimum Gasteiger partial charge on any atom is -0.469 e. The van der Waals surface area contributed by atoms with E-state index < -0.39 is 0 Å². The van der Waals surface area contributed by atoms with E-state index in [9.17, 15) is 9.90 Å². The fourth-order valence-electron chi connectivity index (χ4n) is 2.87. The van der Waals surface area contributed by atoms with Gasteiger partial charge in [-0.25, -0.2) is 0 Å². The second-order valence-corrected chi connectivity index (χ2v) is 4.52. The van der Waals surface area contributed by atoms with E-state index in [-0.39, 0.29) is 23.4 Å². The van der Waals surface area contributed by atoms with Gasteiger partial charge >= 0.3 is 5.97 Å². The van der Waals surface area contributed by atoms with Gasteiger partial charge in [0.1, 0.15) is 0 Å². The van der Waals surface area contributed by atoms with Crippen molar-refractivity contribution in [3.05, 3.63) is 0 Å². The van der Waals surface area contributed by atoms with Crippen molar-refractivity contribution in [2.45, 2.75) is 38.2 Å². The van der Waals surface area contributed by atoms with Crippen LogP contribution in [0.3, 0.4) is 0 Å². The molecule has 0 heterocycles. The molecule has 3 nitrogen and oxygen atoms in total. The van der Waals surface area contributed by atoms with Crippen molar-refractivity contribution in [2.75, 3.05) is 7.11 Å². The van der Waals surface area contributed by atoms with Crippen LogP contribution in [0.2, 0.25) is 0 Å². The summed E-state index contributed by atoms with van der Waals surface area (Å²) in [6.07, 6.45) is 4.61. The molecule has 13 heavy (non-hydrogen) atoms. The predicted molar refractivity (Wildman–Crippen MR) is 47.0 cm³/mol. The molecule has 1 unspecified atom stereocenters. The highest BCUT2D eigenvalue weighted by Crippen LogP contribution is 2.56. The smallest absolute Gasteiger partial charge is 0.308 e. The summed E-state index contributed by atoms with van der Waals surface area (Å²) in [4.78, 5) is 11.1. The Labute approximate surface area is 78.1 Å². The number of methoxy groups -OCH3 is 1. The van der Waals surface area contributed by atoms with Crippen LogP contribution in [-0.4, -0.2) is 24.3 Å². The van der Waals surface area contributed by atoms with Crippen LogP contribution in [0.5, 0.6) is 0 Å². The van der Waals surface area contributed by atoms with Gasteiger partial charge in [-0.3, -0.25) is 4.79 Å². The number of hydrogen-bond acceptors (Lipinski definition) is 3. The molecule has 1 atom stereocenters. The highest BCUT2D eigenvalue weighted by atomic mass is 16.5. The molecule has 0 aromatic carbocycles. The standard InChI is InChI=1S/C10H16O3/c1-13-9(12)7-4-10(5-7)3-2-8(11)6-10/h7-8,11H,2-6H2,1H3. The summed E-state index contributed by atoms with van der Waals surface area (Å²) in [7, 11) is 1.44. The highest BCUT2D eigenvalue weighted by molar-refractivity contribution is 5.73. The van der Waals surface area contributed by atoms with Crippen LogP contribution in [-0.2, 0) is 9.53 Å². The van der Waals surface area contributed by atoms with Crippen LogP contribution in [0.25, 0.3) is 0 Å². The van der Waals surface area contributed by atoms with Gasteiger partial charge in [-0.05, 0) is 37.5 Å². The van der Waals surface area contributed by atoms with Gasteiger partial charge in [-0.1, -0.05) is 0 Å². The van der Waals surface area contributed by atoms with E-state index in [1.165, 1.54) is 7.11 Å². The Morgan fingerprint density at radius 3 is 2.62 bits per heavy atom. The van der Waals surface area contributed by atoms with Crippen molar-refractivity contribution < 1.29 is 14.6 Å². The minimum atomic E-state index is -0.126. The van der Waals surface area contributed by atoms with Crippen molar-refractivity contribution >= 4 is 5.97 Å². The number of esters is 1. The fourth-order valence-corrected chi connectivity index (χ4v) is 2.87. The van der Waals surface area contributed by atoms with Crippen molar-refractivity contribution in [2.24, 2.45) is 11.3 Å². The monoisotopic (exact) mass is 184 g/mol. The normalized spacial score (nSPS) is 43.2. The molecule has 0 radical (unpaired) electrons. The van der Waals surface area contributed by atoms with Gasteiger partial charge in [0.25, 0.3) is 0 Å². The molecule has 3 heteroatoms. The summed E-state index contributed by atoms with van der Waals surface area (Å²) in [5.74, 6) is 0.0299. The number of carbonyl (C=O) groups is 1.